The highest BCUT2D eigenvalue weighted by molar-refractivity contribution is 5.85. The van der Waals surface area contributed by atoms with Crippen molar-refractivity contribution in [3.63, 3.8) is 0 Å². The van der Waals surface area contributed by atoms with Gasteiger partial charge in [0.05, 0.1) is 0 Å². The van der Waals surface area contributed by atoms with Crippen molar-refractivity contribution in [1.82, 2.24) is 0 Å². The first-order chi connectivity index (χ1) is 8.71. The lowest BCUT2D eigenvalue weighted by molar-refractivity contribution is -0.132. The first kappa shape index (κ1) is 15.3. The van der Waals surface area contributed by atoms with E-state index in [-0.39, 0.29) is 12.0 Å². The van der Waals surface area contributed by atoms with E-state index < -0.39 is 5.97 Å². The fourth-order valence-electron chi connectivity index (χ4n) is 1.71. The highest BCUT2D eigenvalue weighted by atomic mass is 16.5. The Morgan fingerprint density at radius 2 is 2.00 bits per heavy atom. The quantitative estimate of drug-likeness (QED) is 0.841. The van der Waals surface area contributed by atoms with Crippen LogP contribution >= 0.6 is 0 Å². The first-order valence-electron chi connectivity index (χ1n) is 6.36. The molecule has 0 aromatic heterocycles. The van der Waals surface area contributed by atoms with Crippen molar-refractivity contribution in [3.8, 4) is 5.75 Å². The summed E-state index contributed by atoms with van der Waals surface area (Å²) < 4.78 is 5.73. The Morgan fingerprint density at radius 3 is 2.53 bits per heavy atom. The molecule has 0 saturated carbocycles. The van der Waals surface area contributed by atoms with Crippen LogP contribution in [0.15, 0.2) is 29.8 Å². The van der Waals surface area contributed by atoms with Crippen molar-refractivity contribution in [3.05, 3.63) is 41.0 Å². The summed E-state index contributed by atoms with van der Waals surface area (Å²) in [5.41, 5.74) is 2.54. The van der Waals surface area contributed by atoms with Gasteiger partial charge in [0.25, 0.3) is 0 Å². The van der Waals surface area contributed by atoms with Gasteiger partial charge in [-0.3, -0.25) is 0 Å². The Kier molecular flexibility index (Phi) is 4.76. The average molecular weight is 262 g/mol. The third kappa shape index (κ3) is 4.43. The monoisotopic (exact) mass is 262 g/mol. The summed E-state index contributed by atoms with van der Waals surface area (Å²) in [6.07, 6.45) is 1.58. The van der Waals surface area contributed by atoms with Gasteiger partial charge in [-0.05, 0) is 42.5 Å². The number of benzene rings is 1. The summed E-state index contributed by atoms with van der Waals surface area (Å²) in [6.45, 7) is 10.2. The number of aliphatic carboxylic acids is 1. The zero-order valence-electron chi connectivity index (χ0n) is 12.3. The van der Waals surface area contributed by atoms with Gasteiger partial charge in [-0.1, -0.05) is 32.9 Å². The molecular formula is C16H22O3. The molecule has 0 aliphatic heterocycles. The van der Waals surface area contributed by atoms with Crippen LogP contribution in [0.1, 0.15) is 38.8 Å². The van der Waals surface area contributed by atoms with Gasteiger partial charge in [-0.25, -0.2) is 4.79 Å². The molecule has 3 nitrogen and oxygen atoms in total. The molecule has 0 heterocycles. The van der Waals surface area contributed by atoms with Gasteiger partial charge >= 0.3 is 5.97 Å². The van der Waals surface area contributed by atoms with E-state index in [2.05, 4.69) is 32.9 Å². The lowest BCUT2D eigenvalue weighted by Gasteiger charge is -2.23. The van der Waals surface area contributed by atoms with Gasteiger partial charge < -0.3 is 9.84 Å². The molecule has 1 aromatic rings. The van der Waals surface area contributed by atoms with Crippen LogP contribution in [0.5, 0.6) is 5.75 Å². The molecule has 0 spiro atoms. The third-order valence-corrected chi connectivity index (χ3v) is 2.91. The normalized spacial score (nSPS) is 12.4. The lowest BCUT2D eigenvalue weighted by atomic mass is 9.86. The number of carboxylic acids is 1. The standard InChI is InChI=1S/C16H22O3/c1-11-6-7-13(16(3,4)5)14(10-11)19-9-8-12(2)15(17)18/h6-8,10H,9H2,1-5H3,(H,17,18). The molecule has 3 heteroatoms. The minimum atomic E-state index is -0.913. The molecule has 19 heavy (non-hydrogen) atoms. The molecule has 0 aliphatic carbocycles. The number of hydrogen-bond acceptors (Lipinski definition) is 2. The molecule has 0 fully saturated rings. The Hall–Kier alpha value is -1.77. The number of ether oxygens (including phenoxy) is 1. The topological polar surface area (TPSA) is 46.5 Å². The Bertz CT molecular complexity index is 493. The van der Waals surface area contributed by atoms with Gasteiger partial charge in [0.15, 0.2) is 0 Å². The van der Waals surface area contributed by atoms with Crippen molar-refractivity contribution in [2.45, 2.75) is 40.0 Å². The van der Waals surface area contributed by atoms with E-state index in [0.29, 0.717) is 5.57 Å². The molecule has 0 atom stereocenters. The lowest BCUT2D eigenvalue weighted by Crippen LogP contribution is -2.14. The van der Waals surface area contributed by atoms with Gasteiger partial charge in [-0.2, -0.15) is 0 Å². The fourth-order valence-corrected chi connectivity index (χ4v) is 1.71. The summed E-state index contributed by atoms with van der Waals surface area (Å²) in [5.74, 6) is -0.0918. The van der Waals surface area contributed by atoms with Gasteiger partial charge in [-0.15, -0.1) is 0 Å². The average Bonchev–Trinajstić information content (AvgIpc) is 2.27. The largest absolute Gasteiger partial charge is 0.489 e. The Labute approximate surface area is 114 Å². The molecule has 0 saturated heterocycles. The van der Waals surface area contributed by atoms with Crippen LogP contribution in [-0.2, 0) is 10.2 Å². The molecule has 0 radical (unpaired) electrons. The van der Waals surface area contributed by atoms with Crippen molar-refractivity contribution in [2.75, 3.05) is 6.61 Å². The van der Waals surface area contributed by atoms with Crippen molar-refractivity contribution < 1.29 is 14.6 Å². The highest BCUT2D eigenvalue weighted by Crippen LogP contribution is 2.32. The summed E-state index contributed by atoms with van der Waals surface area (Å²) in [5, 5.41) is 8.78. The number of aryl methyl sites for hydroxylation is 1. The molecule has 104 valence electrons. The molecular weight excluding hydrogens is 240 g/mol. The second-order valence-corrected chi connectivity index (χ2v) is 5.75. The number of rotatable bonds is 4. The van der Waals surface area contributed by atoms with Crippen LogP contribution in [0.25, 0.3) is 0 Å². The van der Waals surface area contributed by atoms with Gasteiger partial charge in [0.1, 0.15) is 12.4 Å². The van der Waals surface area contributed by atoms with E-state index in [1.807, 2.05) is 13.0 Å². The summed E-state index contributed by atoms with van der Waals surface area (Å²) in [4.78, 5) is 10.7. The fraction of sp³-hybridized carbons (Fsp3) is 0.438. The number of carboxylic acid groups (broad SMARTS) is 1. The van der Waals surface area contributed by atoms with Crippen LogP contribution in [-0.4, -0.2) is 17.7 Å². The van der Waals surface area contributed by atoms with Crippen LogP contribution in [0.3, 0.4) is 0 Å². The molecule has 1 rings (SSSR count). The van der Waals surface area contributed by atoms with Crippen LogP contribution in [0.2, 0.25) is 0 Å². The van der Waals surface area contributed by atoms with E-state index in [4.69, 9.17) is 9.84 Å². The van der Waals surface area contributed by atoms with Crippen molar-refractivity contribution >= 4 is 5.97 Å². The zero-order valence-corrected chi connectivity index (χ0v) is 12.3. The maximum Gasteiger partial charge on any atom is 0.331 e. The van der Waals surface area contributed by atoms with Crippen molar-refractivity contribution in [2.24, 2.45) is 0 Å². The van der Waals surface area contributed by atoms with Crippen LogP contribution < -0.4 is 4.74 Å². The first-order valence-corrected chi connectivity index (χ1v) is 6.36. The number of carbonyl (C=O) groups is 1. The molecule has 1 aromatic carbocycles. The minimum Gasteiger partial charge on any atom is -0.489 e. The van der Waals surface area contributed by atoms with E-state index >= 15 is 0 Å². The second-order valence-electron chi connectivity index (χ2n) is 5.75. The summed E-state index contributed by atoms with van der Waals surface area (Å²) in [6, 6.07) is 6.12. The molecule has 0 bridgehead atoms. The van der Waals surface area contributed by atoms with Gasteiger partial charge in [0.2, 0.25) is 0 Å². The summed E-state index contributed by atoms with van der Waals surface area (Å²) >= 11 is 0. The zero-order chi connectivity index (χ0) is 14.6. The molecule has 1 N–H and O–H groups in total. The van der Waals surface area contributed by atoms with E-state index in [9.17, 15) is 4.79 Å². The predicted octanol–water partition coefficient (Wildman–Crippen LogP) is 3.70. The smallest absolute Gasteiger partial charge is 0.331 e. The van der Waals surface area contributed by atoms with E-state index in [1.54, 1.807) is 13.0 Å². The van der Waals surface area contributed by atoms with Crippen LogP contribution in [0.4, 0.5) is 0 Å². The molecule has 0 aliphatic rings. The van der Waals surface area contributed by atoms with Gasteiger partial charge in [0, 0.05) is 5.57 Å². The van der Waals surface area contributed by atoms with Crippen LogP contribution in [0, 0.1) is 6.92 Å². The predicted molar refractivity (Wildman–Crippen MR) is 76.8 cm³/mol. The number of hydrogen-bond donors (Lipinski definition) is 1. The van der Waals surface area contributed by atoms with E-state index in [0.717, 1.165) is 16.9 Å². The molecule has 0 amide bonds. The maximum atomic E-state index is 10.7. The van der Waals surface area contributed by atoms with Crippen molar-refractivity contribution in [1.29, 1.82) is 0 Å². The second kappa shape index (κ2) is 5.91. The SMILES string of the molecule is CC(=CCOc1cc(C)ccc1C(C)(C)C)C(=O)O. The highest BCUT2D eigenvalue weighted by Gasteiger charge is 2.18. The van der Waals surface area contributed by atoms with E-state index in [1.165, 1.54) is 0 Å². The third-order valence-electron chi connectivity index (χ3n) is 2.91. The Balaban J connectivity index is 2.92. The minimum absolute atomic E-state index is 0.00537. The summed E-state index contributed by atoms with van der Waals surface area (Å²) in [7, 11) is 0. The Morgan fingerprint density at radius 1 is 1.37 bits per heavy atom. The molecule has 0 unspecified atom stereocenters. The maximum absolute atomic E-state index is 10.7.